The summed E-state index contributed by atoms with van der Waals surface area (Å²) in [6.07, 6.45) is 1.31. The first-order valence-corrected chi connectivity index (χ1v) is 14.1. The normalized spacial score (nSPS) is 20.7. The summed E-state index contributed by atoms with van der Waals surface area (Å²) in [6, 6.07) is 4.89. The third kappa shape index (κ3) is 4.90. The van der Waals surface area contributed by atoms with Gasteiger partial charge in [0.25, 0.3) is 0 Å². The summed E-state index contributed by atoms with van der Waals surface area (Å²) in [5.41, 5.74) is 1.89. The Morgan fingerprint density at radius 1 is 1.23 bits per heavy atom. The van der Waals surface area contributed by atoms with Gasteiger partial charge in [0, 0.05) is 65.5 Å². The lowest BCUT2D eigenvalue weighted by molar-refractivity contribution is -0.128. The monoisotopic (exact) mass is 570 g/mol. The van der Waals surface area contributed by atoms with Crippen LogP contribution in [0.1, 0.15) is 25.5 Å². The minimum atomic E-state index is -0.668. The van der Waals surface area contributed by atoms with Gasteiger partial charge in [0.15, 0.2) is 0 Å². The molecular formula is C29H32F2N4O4S. The summed E-state index contributed by atoms with van der Waals surface area (Å²) in [6.45, 7) is 10.7. The van der Waals surface area contributed by atoms with Crippen molar-refractivity contribution in [3.8, 4) is 11.1 Å². The van der Waals surface area contributed by atoms with E-state index in [0.717, 1.165) is 21.9 Å². The van der Waals surface area contributed by atoms with Crippen LogP contribution in [0.4, 0.5) is 14.6 Å². The van der Waals surface area contributed by atoms with Gasteiger partial charge in [-0.25, -0.2) is 13.6 Å². The molecule has 0 bridgehead atoms. The third-order valence-electron chi connectivity index (χ3n) is 7.55. The lowest BCUT2D eigenvalue weighted by atomic mass is 9.96. The number of amides is 1. The second-order valence-electron chi connectivity index (χ2n) is 10.3. The van der Waals surface area contributed by atoms with Crippen LogP contribution in [0.15, 0.2) is 46.6 Å². The molecule has 3 atom stereocenters. The van der Waals surface area contributed by atoms with E-state index in [2.05, 4.69) is 16.5 Å². The van der Waals surface area contributed by atoms with Gasteiger partial charge in [-0.1, -0.05) is 6.58 Å². The van der Waals surface area contributed by atoms with Gasteiger partial charge in [0.2, 0.25) is 5.91 Å². The van der Waals surface area contributed by atoms with Crippen LogP contribution in [-0.2, 0) is 14.3 Å². The molecule has 1 aromatic heterocycles. The number of piperazine rings is 1. The molecule has 0 N–H and O–H groups in total. The highest BCUT2D eigenvalue weighted by Crippen LogP contribution is 2.46. The molecule has 0 saturated carbocycles. The summed E-state index contributed by atoms with van der Waals surface area (Å²) in [5, 5.41) is 0.754. The number of nitrogens with zero attached hydrogens (tertiary/aromatic N) is 4. The van der Waals surface area contributed by atoms with E-state index < -0.39 is 17.3 Å². The van der Waals surface area contributed by atoms with Crippen LogP contribution in [0.5, 0.6) is 0 Å². The fraction of sp³-hybridized carbons (Fsp3) is 0.414. The lowest BCUT2D eigenvalue weighted by Gasteiger charge is -2.45. The Morgan fingerprint density at radius 3 is 2.70 bits per heavy atom. The van der Waals surface area contributed by atoms with Crippen LogP contribution in [0, 0.1) is 18.6 Å². The van der Waals surface area contributed by atoms with Gasteiger partial charge in [0.1, 0.15) is 24.2 Å². The fourth-order valence-electron chi connectivity index (χ4n) is 5.70. The number of thioether (sulfide) groups is 1. The maximum absolute atomic E-state index is 15.1. The molecule has 1 fully saturated rings. The summed E-state index contributed by atoms with van der Waals surface area (Å²) in [4.78, 5) is 35.3. The maximum Gasteiger partial charge on any atom is 0.350 e. The van der Waals surface area contributed by atoms with Crippen LogP contribution in [-0.4, -0.2) is 71.8 Å². The number of benzene rings is 2. The summed E-state index contributed by atoms with van der Waals surface area (Å²) >= 11 is 1.52. The molecule has 8 nitrogen and oxygen atoms in total. The number of carbonyl (C=O) groups is 1. The quantitative estimate of drug-likeness (QED) is 0.235. The van der Waals surface area contributed by atoms with E-state index in [-0.39, 0.29) is 43.0 Å². The molecule has 1 amide bonds. The Labute approximate surface area is 235 Å². The van der Waals surface area contributed by atoms with Crippen LogP contribution in [0.2, 0.25) is 0 Å². The smallest absolute Gasteiger partial charge is 0.350 e. The average Bonchev–Trinajstić information content (AvgIpc) is 2.92. The Kier molecular flexibility index (Phi) is 7.98. The minimum Gasteiger partial charge on any atom is -0.359 e. The molecule has 2 aromatic carbocycles. The van der Waals surface area contributed by atoms with Crippen LogP contribution >= 0.6 is 11.8 Å². The number of rotatable bonds is 7. The molecular weight excluding hydrogens is 538 g/mol. The number of hydrogen-bond donors (Lipinski definition) is 0. The molecule has 0 aliphatic carbocycles. The van der Waals surface area contributed by atoms with E-state index in [0.29, 0.717) is 35.7 Å². The fourth-order valence-corrected chi connectivity index (χ4v) is 7.07. The van der Waals surface area contributed by atoms with Crippen molar-refractivity contribution < 1.29 is 23.0 Å². The molecule has 0 unspecified atom stereocenters. The SMILES string of the molecule is C=CC(=O)N1C[C@H](C)N(c2nc(=O)n3c4c(c(-c5ccc(F)cc5F)c(C)cc24)SC[C@@H]3COCOC)C[C@H]1C. The molecule has 40 heavy (non-hydrogen) atoms. The van der Waals surface area contributed by atoms with E-state index in [9.17, 15) is 14.0 Å². The van der Waals surface area contributed by atoms with Crippen molar-refractivity contribution in [2.45, 2.75) is 43.8 Å². The first-order chi connectivity index (χ1) is 19.2. The van der Waals surface area contributed by atoms with Gasteiger partial charge >= 0.3 is 5.69 Å². The Balaban J connectivity index is 1.73. The molecule has 212 valence electrons. The van der Waals surface area contributed by atoms with Gasteiger partial charge < -0.3 is 19.3 Å². The van der Waals surface area contributed by atoms with Gasteiger partial charge in [0.05, 0.1) is 18.2 Å². The number of hydrogen-bond acceptors (Lipinski definition) is 7. The lowest BCUT2D eigenvalue weighted by Crippen LogP contribution is -2.58. The zero-order valence-electron chi connectivity index (χ0n) is 22.9. The number of ether oxygens (including phenoxy) is 2. The molecule has 1 saturated heterocycles. The molecule has 11 heteroatoms. The zero-order chi connectivity index (χ0) is 28.7. The average molecular weight is 571 g/mol. The topological polar surface area (TPSA) is 76.9 Å². The molecule has 3 heterocycles. The van der Waals surface area contributed by atoms with Crippen LogP contribution in [0.3, 0.4) is 0 Å². The zero-order valence-corrected chi connectivity index (χ0v) is 23.8. The highest BCUT2D eigenvalue weighted by atomic mass is 32.2. The molecule has 5 rings (SSSR count). The standard InChI is InChI=1S/C29H32F2N4O4S/c1-6-24(36)33-11-18(4)34(12-17(33)3)28-22-9-16(2)25(21-8-7-19(30)10-23(21)31)27-26(22)35(29(37)32-28)20(14-40-27)13-39-15-38-5/h6-10,17-18,20H,1,11-15H2,2-5H3/t17-,18+,20+/m1/s1. The summed E-state index contributed by atoms with van der Waals surface area (Å²) < 4.78 is 41.2. The summed E-state index contributed by atoms with van der Waals surface area (Å²) in [5.74, 6) is -0.436. The van der Waals surface area contributed by atoms with Crippen molar-refractivity contribution in [2.24, 2.45) is 0 Å². The van der Waals surface area contributed by atoms with Crippen LogP contribution in [0.25, 0.3) is 22.0 Å². The van der Waals surface area contributed by atoms with Gasteiger partial charge in [-0.2, -0.15) is 4.98 Å². The van der Waals surface area contributed by atoms with Crippen molar-refractivity contribution in [3.05, 3.63) is 64.6 Å². The predicted octanol–water partition coefficient (Wildman–Crippen LogP) is 4.53. The number of aromatic nitrogens is 2. The predicted molar refractivity (Wildman–Crippen MR) is 152 cm³/mol. The highest BCUT2D eigenvalue weighted by Gasteiger charge is 2.35. The summed E-state index contributed by atoms with van der Waals surface area (Å²) in [7, 11) is 1.53. The van der Waals surface area contributed by atoms with E-state index in [1.807, 2.05) is 26.8 Å². The van der Waals surface area contributed by atoms with E-state index in [4.69, 9.17) is 9.47 Å². The van der Waals surface area contributed by atoms with Crippen molar-refractivity contribution in [1.82, 2.24) is 14.5 Å². The number of halogens is 2. The maximum atomic E-state index is 15.1. The largest absolute Gasteiger partial charge is 0.359 e. The van der Waals surface area contributed by atoms with Gasteiger partial charge in [-0.15, -0.1) is 11.8 Å². The Morgan fingerprint density at radius 2 is 2.00 bits per heavy atom. The highest BCUT2D eigenvalue weighted by molar-refractivity contribution is 7.99. The Bertz CT molecular complexity index is 1540. The molecule has 0 radical (unpaired) electrons. The van der Waals surface area contributed by atoms with Crippen molar-refractivity contribution in [2.75, 3.05) is 44.3 Å². The number of carbonyl (C=O) groups excluding carboxylic acids is 1. The second kappa shape index (κ2) is 11.3. The molecule has 3 aromatic rings. The first-order valence-electron chi connectivity index (χ1n) is 13.1. The molecule has 2 aliphatic rings. The van der Waals surface area contributed by atoms with Crippen molar-refractivity contribution in [3.63, 3.8) is 0 Å². The van der Waals surface area contributed by atoms with E-state index in [1.165, 1.54) is 37.1 Å². The second-order valence-corrected chi connectivity index (χ2v) is 11.3. The number of aryl methyl sites for hydroxylation is 1. The van der Waals surface area contributed by atoms with Crippen molar-refractivity contribution >= 4 is 34.4 Å². The Hall–Kier alpha value is -3.28. The third-order valence-corrected chi connectivity index (χ3v) is 8.79. The molecule has 2 aliphatic heterocycles. The van der Waals surface area contributed by atoms with Gasteiger partial charge in [-0.3, -0.25) is 9.36 Å². The molecule has 0 spiro atoms. The number of anilines is 1. The van der Waals surface area contributed by atoms with E-state index in [1.54, 1.807) is 9.47 Å². The van der Waals surface area contributed by atoms with Crippen molar-refractivity contribution in [1.29, 1.82) is 0 Å². The minimum absolute atomic E-state index is 0.0838. The first kappa shape index (κ1) is 28.3. The van der Waals surface area contributed by atoms with Crippen LogP contribution < -0.4 is 10.6 Å². The number of methoxy groups -OCH3 is 1. The van der Waals surface area contributed by atoms with E-state index >= 15 is 4.39 Å². The van der Waals surface area contributed by atoms with Gasteiger partial charge in [-0.05, 0) is 50.6 Å².